The molecule has 2 nitrogen and oxygen atoms in total. The second-order valence-corrected chi connectivity index (χ2v) is 5.37. The third-order valence-electron chi connectivity index (χ3n) is 3.01. The second-order valence-electron chi connectivity index (χ2n) is 4.24. The Morgan fingerprint density at radius 2 is 2.11 bits per heavy atom. The fraction of sp³-hybridized carbons (Fsp3) is 0.267. The zero-order valence-corrected chi connectivity index (χ0v) is 13.2. The van der Waals surface area contributed by atoms with Gasteiger partial charge in [0, 0.05) is 28.8 Å². The van der Waals surface area contributed by atoms with E-state index in [0.717, 1.165) is 28.8 Å². The zero-order chi connectivity index (χ0) is 13.7. The summed E-state index contributed by atoms with van der Waals surface area (Å²) in [6, 6.07) is 12.3. The Balaban J connectivity index is 2.20. The normalized spacial score (nSPS) is 10.5. The number of hydrogen-bond donors (Lipinski definition) is 0. The molecule has 0 saturated heterocycles. The summed E-state index contributed by atoms with van der Waals surface area (Å²) in [6.07, 6.45) is 1.83. The molecule has 0 N–H and O–H groups in total. The van der Waals surface area contributed by atoms with Crippen LogP contribution in [-0.2, 0) is 12.4 Å². The minimum Gasteiger partial charge on any atom is -0.366 e. The molecule has 0 aliphatic rings. The minimum atomic E-state index is 0.521. The van der Waals surface area contributed by atoms with Gasteiger partial charge in [-0.2, -0.15) is 0 Å². The number of alkyl halides is 1. The van der Waals surface area contributed by atoms with Crippen molar-refractivity contribution in [2.45, 2.75) is 19.3 Å². The lowest BCUT2D eigenvalue weighted by Gasteiger charge is -2.23. The van der Waals surface area contributed by atoms with Crippen molar-refractivity contribution in [3.63, 3.8) is 0 Å². The van der Waals surface area contributed by atoms with E-state index in [1.807, 2.05) is 24.4 Å². The Morgan fingerprint density at radius 3 is 2.68 bits per heavy atom. The highest BCUT2D eigenvalue weighted by Gasteiger charge is 2.08. The number of pyridine rings is 1. The van der Waals surface area contributed by atoms with Crippen LogP contribution >= 0.6 is 27.5 Å². The summed E-state index contributed by atoms with van der Waals surface area (Å²) in [4.78, 5) is 6.66. The van der Waals surface area contributed by atoms with Gasteiger partial charge in [-0.3, -0.25) is 4.98 Å². The number of rotatable bonds is 5. The minimum absolute atomic E-state index is 0.521. The van der Waals surface area contributed by atoms with Crippen molar-refractivity contribution < 1.29 is 0 Å². The molecule has 0 aliphatic carbocycles. The summed E-state index contributed by atoms with van der Waals surface area (Å²) in [6.45, 7) is 3.89. The predicted octanol–water partition coefficient (Wildman–Crippen LogP) is 4.61. The second kappa shape index (κ2) is 6.92. The lowest BCUT2D eigenvalue weighted by Crippen LogP contribution is -2.22. The number of nitrogens with zero attached hydrogens (tertiary/aromatic N) is 2. The van der Waals surface area contributed by atoms with Crippen LogP contribution in [0.2, 0.25) is 0 Å². The van der Waals surface area contributed by atoms with Gasteiger partial charge < -0.3 is 4.90 Å². The Bertz CT molecular complexity index is 531. The van der Waals surface area contributed by atoms with Crippen molar-refractivity contribution in [2.24, 2.45) is 0 Å². The SMILES string of the molecule is CCN(Cc1ccccn1)c1ccc(CCl)c(Br)c1. The third kappa shape index (κ3) is 3.71. The van der Waals surface area contributed by atoms with E-state index in [1.165, 1.54) is 5.69 Å². The lowest BCUT2D eigenvalue weighted by molar-refractivity contribution is 0.809. The van der Waals surface area contributed by atoms with E-state index < -0.39 is 0 Å². The van der Waals surface area contributed by atoms with Crippen molar-refractivity contribution >= 4 is 33.2 Å². The largest absolute Gasteiger partial charge is 0.366 e. The van der Waals surface area contributed by atoms with Crippen LogP contribution in [-0.4, -0.2) is 11.5 Å². The molecule has 0 atom stereocenters. The van der Waals surface area contributed by atoms with Gasteiger partial charge in [-0.25, -0.2) is 0 Å². The van der Waals surface area contributed by atoms with Crippen LogP contribution in [0.3, 0.4) is 0 Å². The highest BCUT2D eigenvalue weighted by Crippen LogP contribution is 2.26. The molecule has 0 saturated carbocycles. The molecule has 0 bridgehead atoms. The maximum Gasteiger partial charge on any atom is 0.0601 e. The number of anilines is 1. The molecule has 0 aliphatic heterocycles. The van der Waals surface area contributed by atoms with E-state index in [-0.39, 0.29) is 0 Å². The van der Waals surface area contributed by atoms with E-state index in [2.05, 4.69) is 50.9 Å². The monoisotopic (exact) mass is 338 g/mol. The van der Waals surface area contributed by atoms with Crippen molar-refractivity contribution in [2.75, 3.05) is 11.4 Å². The summed E-state index contributed by atoms with van der Waals surface area (Å²) in [5.74, 6) is 0.521. The Hall–Kier alpha value is -1.06. The molecule has 19 heavy (non-hydrogen) atoms. The van der Waals surface area contributed by atoms with Crippen LogP contribution in [0.25, 0.3) is 0 Å². The number of benzene rings is 1. The standard InChI is InChI=1S/C15H16BrClN2/c1-2-19(11-13-5-3-4-8-18-13)14-7-6-12(10-17)15(16)9-14/h3-9H,2,10-11H2,1H3. The lowest BCUT2D eigenvalue weighted by atomic mass is 10.2. The van der Waals surface area contributed by atoms with Gasteiger partial charge in [0.05, 0.1) is 12.2 Å². The molecule has 0 fully saturated rings. The van der Waals surface area contributed by atoms with Crippen molar-refractivity contribution in [1.29, 1.82) is 0 Å². The maximum absolute atomic E-state index is 5.87. The molecule has 1 heterocycles. The average molecular weight is 340 g/mol. The van der Waals surface area contributed by atoms with Gasteiger partial charge in [0.15, 0.2) is 0 Å². The van der Waals surface area contributed by atoms with Crippen LogP contribution in [0, 0.1) is 0 Å². The molecule has 0 unspecified atom stereocenters. The first kappa shape index (κ1) is 14.4. The van der Waals surface area contributed by atoms with Crippen LogP contribution < -0.4 is 4.90 Å². The molecule has 4 heteroatoms. The van der Waals surface area contributed by atoms with Gasteiger partial charge in [0.1, 0.15) is 0 Å². The van der Waals surface area contributed by atoms with Crippen LogP contribution in [0.4, 0.5) is 5.69 Å². The van der Waals surface area contributed by atoms with E-state index in [1.54, 1.807) is 0 Å². The van der Waals surface area contributed by atoms with Crippen LogP contribution in [0.5, 0.6) is 0 Å². The maximum atomic E-state index is 5.87. The molecule has 0 radical (unpaired) electrons. The smallest absolute Gasteiger partial charge is 0.0601 e. The first-order chi connectivity index (χ1) is 9.24. The van der Waals surface area contributed by atoms with Gasteiger partial charge in [-0.15, -0.1) is 11.6 Å². The van der Waals surface area contributed by atoms with Gasteiger partial charge >= 0.3 is 0 Å². The number of hydrogen-bond acceptors (Lipinski definition) is 2. The average Bonchev–Trinajstić information content (AvgIpc) is 2.46. The Kier molecular flexibility index (Phi) is 5.23. The van der Waals surface area contributed by atoms with Gasteiger partial charge in [-0.05, 0) is 36.8 Å². The van der Waals surface area contributed by atoms with Gasteiger partial charge in [0.25, 0.3) is 0 Å². The molecule has 0 spiro atoms. The Labute approximate surface area is 127 Å². The van der Waals surface area contributed by atoms with Crippen LogP contribution in [0.1, 0.15) is 18.2 Å². The summed E-state index contributed by atoms with van der Waals surface area (Å²) in [5.41, 5.74) is 3.36. The highest BCUT2D eigenvalue weighted by molar-refractivity contribution is 9.10. The predicted molar refractivity (Wildman–Crippen MR) is 84.7 cm³/mol. The molecule has 1 aromatic heterocycles. The molecular formula is C15H16BrClN2. The van der Waals surface area contributed by atoms with Crippen LogP contribution in [0.15, 0.2) is 47.1 Å². The van der Waals surface area contributed by atoms with E-state index in [4.69, 9.17) is 11.6 Å². The van der Waals surface area contributed by atoms with E-state index in [9.17, 15) is 0 Å². The van der Waals surface area contributed by atoms with Gasteiger partial charge in [-0.1, -0.05) is 28.1 Å². The molecule has 1 aromatic carbocycles. The third-order valence-corrected chi connectivity index (χ3v) is 4.03. The molecule has 2 rings (SSSR count). The van der Waals surface area contributed by atoms with E-state index >= 15 is 0 Å². The summed E-state index contributed by atoms with van der Waals surface area (Å²) >= 11 is 9.44. The summed E-state index contributed by atoms with van der Waals surface area (Å²) in [5, 5.41) is 0. The molecular weight excluding hydrogens is 324 g/mol. The van der Waals surface area contributed by atoms with Crippen molar-refractivity contribution in [3.05, 3.63) is 58.3 Å². The first-order valence-corrected chi connectivity index (χ1v) is 7.56. The van der Waals surface area contributed by atoms with Crippen molar-refractivity contribution in [1.82, 2.24) is 4.98 Å². The van der Waals surface area contributed by atoms with Crippen molar-refractivity contribution in [3.8, 4) is 0 Å². The Morgan fingerprint density at radius 1 is 1.26 bits per heavy atom. The topological polar surface area (TPSA) is 16.1 Å². The summed E-state index contributed by atoms with van der Waals surface area (Å²) in [7, 11) is 0. The number of halogens is 2. The highest BCUT2D eigenvalue weighted by atomic mass is 79.9. The van der Waals surface area contributed by atoms with E-state index in [0.29, 0.717) is 5.88 Å². The quantitative estimate of drug-likeness (QED) is 0.740. The fourth-order valence-corrected chi connectivity index (χ4v) is 2.82. The molecule has 100 valence electrons. The fourth-order valence-electron chi connectivity index (χ4n) is 1.91. The molecule has 0 amide bonds. The zero-order valence-electron chi connectivity index (χ0n) is 10.8. The first-order valence-electron chi connectivity index (χ1n) is 6.24. The number of aromatic nitrogens is 1. The molecule has 2 aromatic rings. The van der Waals surface area contributed by atoms with Gasteiger partial charge in [0.2, 0.25) is 0 Å². The summed E-state index contributed by atoms with van der Waals surface area (Å²) < 4.78 is 1.06.